The van der Waals surface area contributed by atoms with Gasteiger partial charge < -0.3 is 27.0 Å². The van der Waals surface area contributed by atoms with E-state index in [1.165, 1.54) is 0 Å². The number of carbonyl (C=O) groups is 1. The SMILES string of the molecule is NCCC(O)CNCCCC[C@H](N)C(=O)O. The number of carboxylic acid groups (broad SMARTS) is 1. The van der Waals surface area contributed by atoms with Gasteiger partial charge in [0.25, 0.3) is 0 Å². The highest BCUT2D eigenvalue weighted by Gasteiger charge is 2.09. The van der Waals surface area contributed by atoms with Crippen LogP contribution in [0.15, 0.2) is 0 Å². The topological polar surface area (TPSA) is 122 Å². The maximum Gasteiger partial charge on any atom is 0.320 e. The van der Waals surface area contributed by atoms with E-state index in [-0.39, 0.29) is 0 Å². The summed E-state index contributed by atoms with van der Waals surface area (Å²) in [7, 11) is 0. The van der Waals surface area contributed by atoms with E-state index in [1.54, 1.807) is 0 Å². The fourth-order valence-corrected chi connectivity index (χ4v) is 1.30. The Morgan fingerprint density at radius 2 is 2.00 bits per heavy atom. The summed E-state index contributed by atoms with van der Waals surface area (Å²) >= 11 is 0. The molecular formula is C10H23N3O3. The van der Waals surface area contributed by atoms with Crippen LogP contribution in [0.1, 0.15) is 25.7 Å². The highest BCUT2D eigenvalue weighted by atomic mass is 16.4. The number of hydrogen-bond acceptors (Lipinski definition) is 5. The van der Waals surface area contributed by atoms with E-state index in [9.17, 15) is 9.90 Å². The third-order valence-electron chi connectivity index (χ3n) is 2.32. The van der Waals surface area contributed by atoms with Gasteiger partial charge in [-0.3, -0.25) is 4.79 Å². The van der Waals surface area contributed by atoms with Crippen LogP contribution in [0.2, 0.25) is 0 Å². The van der Waals surface area contributed by atoms with Crippen molar-refractivity contribution in [3.05, 3.63) is 0 Å². The molecule has 0 aromatic heterocycles. The largest absolute Gasteiger partial charge is 0.480 e. The summed E-state index contributed by atoms with van der Waals surface area (Å²) in [4.78, 5) is 10.4. The number of unbranched alkanes of at least 4 members (excludes halogenated alkanes) is 1. The average molecular weight is 233 g/mol. The first-order valence-electron chi connectivity index (χ1n) is 5.65. The Balaban J connectivity index is 3.24. The standard InChI is InChI=1S/C10H23N3O3/c11-5-4-8(14)7-13-6-2-1-3-9(12)10(15)16/h8-9,13-14H,1-7,11-12H2,(H,15,16)/t8?,9-/m0/s1. The Morgan fingerprint density at radius 1 is 1.31 bits per heavy atom. The van der Waals surface area contributed by atoms with Crippen LogP contribution in [0.3, 0.4) is 0 Å². The molecule has 96 valence electrons. The van der Waals surface area contributed by atoms with E-state index in [4.69, 9.17) is 16.6 Å². The Hall–Kier alpha value is -0.690. The molecule has 0 saturated heterocycles. The Kier molecular flexibility index (Phi) is 9.12. The second kappa shape index (κ2) is 9.53. The van der Waals surface area contributed by atoms with Crippen LogP contribution >= 0.6 is 0 Å². The number of aliphatic hydroxyl groups is 1. The molecule has 0 rings (SSSR count). The Bertz CT molecular complexity index is 190. The molecule has 0 saturated carbocycles. The Labute approximate surface area is 96.0 Å². The van der Waals surface area contributed by atoms with E-state index >= 15 is 0 Å². The highest BCUT2D eigenvalue weighted by Crippen LogP contribution is 1.98. The van der Waals surface area contributed by atoms with Crippen molar-refractivity contribution >= 4 is 5.97 Å². The molecule has 0 bridgehead atoms. The van der Waals surface area contributed by atoms with Crippen LogP contribution in [0, 0.1) is 0 Å². The number of nitrogens with one attached hydrogen (secondary N) is 1. The zero-order valence-electron chi connectivity index (χ0n) is 9.56. The summed E-state index contributed by atoms with van der Waals surface area (Å²) in [5.74, 6) is -0.952. The highest BCUT2D eigenvalue weighted by molar-refractivity contribution is 5.72. The van der Waals surface area contributed by atoms with Gasteiger partial charge in [0, 0.05) is 6.54 Å². The molecule has 0 heterocycles. The van der Waals surface area contributed by atoms with Crippen LogP contribution in [-0.4, -0.2) is 48.0 Å². The van der Waals surface area contributed by atoms with Crippen molar-refractivity contribution in [3.8, 4) is 0 Å². The van der Waals surface area contributed by atoms with Crippen LogP contribution in [-0.2, 0) is 4.79 Å². The molecule has 7 N–H and O–H groups in total. The van der Waals surface area contributed by atoms with Gasteiger partial charge in [-0.2, -0.15) is 0 Å². The van der Waals surface area contributed by atoms with Gasteiger partial charge >= 0.3 is 5.97 Å². The van der Waals surface area contributed by atoms with Gasteiger partial charge in [-0.15, -0.1) is 0 Å². The molecule has 0 fully saturated rings. The molecule has 6 nitrogen and oxygen atoms in total. The molecule has 0 aromatic carbocycles. The van der Waals surface area contributed by atoms with Crippen LogP contribution in [0.5, 0.6) is 0 Å². The van der Waals surface area contributed by atoms with Gasteiger partial charge in [0.15, 0.2) is 0 Å². The minimum atomic E-state index is -0.952. The summed E-state index contributed by atoms with van der Waals surface area (Å²) < 4.78 is 0. The zero-order valence-corrected chi connectivity index (χ0v) is 9.56. The van der Waals surface area contributed by atoms with Gasteiger partial charge in [0.1, 0.15) is 6.04 Å². The van der Waals surface area contributed by atoms with Gasteiger partial charge in [0.2, 0.25) is 0 Å². The smallest absolute Gasteiger partial charge is 0.320 e. The van der Waals surface area contributed by atoms with Gasteiger partial charge in [-0.1, -0.05) is 6.42 Å². The number of hydrogen-bond donors (Lipinski definition) is 5. The first-order valence-corrected chi connectivity index (χ1v) is 5.65. The van der Waals surface area contributed by atoms with E-state index < -0.39 is 18.1 Å². The van der Waals surface area contributed by atoms with E-state index in [1.807, 2.05) is 0 Å². The normalized spacial score (nSPS) is 14.7. The van der Waals surface area contributed by atoms with Gasteiger partial charge in [-0.05, 0) is 32.4 Å². The lowest BCUT2D eigenvalue weighted by molar-refractivity contribution is -0.138. The lowest BCUT2D eigenvalue weighted by Crippen LogP contribution is -2.31. The molecule has 0 aromatic rings. The third-order valence-corrected chi connectivity index (χ3v) is 2.32. The van der Waals surface area contributed by atoms with Crippen LogP contribution < -0.4 is 16.8 Å². The number of carboxylic acids is 1. The molecular weight excluding hydrogens is 210 g/mol. The number of rotatable bonds is 10. The van der Waals surface area contributed by atoms with Gasteiger partial charge in [-0.25, -0.2) is 0 Å². The summed E-state index contributed by atoms with van der Waals surface area (Å²) in [5, 5.41) is 20.9. The molecule has 0 aliphatic rings. The molecule has 6 heteroatoms. The van der Waals surface area contributed by atoms with Crippen LogP contribution in [0.25, 0.3) is 0 Å². The predicted octanol–water partition coefficient (Wildman–Crippen LogP) is -1.13. The number of aliphatic hydroxyl groups excluding tert-OH is 1. The summed E-state index contributed by atoms with van der Waals surface area (Å²) in [6.07, 6.45) is 2.31. The summed E-state index contributed by atoms with van der Waals surface area (Å²) in [5.41, 5.74) is 10.6. The number of nitrogens with two attached hydrogens (primary N) is 2. The molecule has 16 heavy (non-hydrogen) atoms. The quantitative estimate of drug-likeness (QED) is 0.304. The average Bonchev–Trinajstić information content (AvgIpc) is 2.23. The maximum atomic E-state index is 10.4. The molecule has 2 atom stereocenters. The second-order valence-corrected chi connectivity index (χ2v) is 3.88. The summed E-state index contributed by atoms with van der Waals surface area (Å²) in [6, 6.07) is -0.761. The first-order chi connectivity index (χ1) is 7.57. The van der Waals surface area contributed by atoms with E-state index in [0.29, 0.717) is 25.9 Å². The maximum absolute atomic E-state index is 10.4. The zero-order chi connectivity index (χ0) is 12.4. The van der Waals surface area contributed by atoms with Crippen molar-refractivity contribution in [1.29, 1.82) is 0 Å². The fourth-order valence-electron chi connectivity index (χ4n) is 1.30. The minimum Gasteiger partial charge on any atom is -0.480 e. The van der Waals surface area contributed by atoms with Crippen molar-refractivity contribution in [2.75, 3.05) is 19.6 Å². The van der Waals surface area contributed by atoms with E-state index in [2.05, 4.69) is 5.32 Å². The molecule has 1 unspecified atom stereocenters. The third kappa shape index (κ3) is 8.60. The fraction of sp³-hybridized carbons (Fsp3) is 0.900. The lowest BCUT2D eigenvalue weighted by Gasteiger charge is -2.10. The minimum absolute atomic E-state index is 0.397. The van der Waals surface area contributed by atoms with Crippen molar-refractivity contribution in [2.45, 2.75) is 37.8 Å². The lowest BCUT2D eigenvalue weighted by atomic mass is 10.1. The predicted molar refractivity (Wildman–Crippen MR) is 62.0 cm³/mol. The van der Waals surface area contributed by atoms with E-state index in [0.717, 1.165) is 19.4 Å². The monoisotopic (exact) mass is 233 g/mol. The first kappa shape index (κ1) is 15.3. The molecule has 0 aliphatic heterocycles. The second-order valence-electron chi connectivity index (χ2n) is 3.88. The van der Waals surface area contributed by atoms with Crippen molar-refractivity contribution in [3.63, 3.8) is 0 Å². The van der Waals surface area contributed by atoms with Gasteiger partial charge in [0.05, 0.1) is 6.10 Å². The molecule has 0 radical (unpaired) electrons. The Morgan fingerprint density at radius 3 is 2.56 bits per heavy atom. The number of aliphatic carboxylic acids is 1. The molecule has 0 aliphatic carbocycles. The summed E-state index contributed by atoms with van der Waals surface area (Å²) in [6.45, 7) is 1.77. The van der Waals surface area contributed by atoms with Crippen molar-refractivity contribution < 1.29 is 15.0 Å². The van der Waals surface area contributed by atoms with Crippen molar-refractivity contribution in [1.82, 2.24) is 5.32 Å². The molecule has 0 amide bonds. The van der Waals surface area contributed by atoms with Crippen LogP contribution in [0.4, 0.5) is 0 Å². The molecule has 0 spiro atoms. The van der Waals surface area contributed by atoms with Crippen molar-refractivity contribution in [2.24, 2.45) is 11.5 Å².